The highest BCUT2D eigenvalue weighted by Gasteiger charge is 2.29. The second kappa shape index (κ2) is 6.60. The molecule has 2 unspecified atom stereocenters. The van der Waals surface area contributed by atoms with Crippen molar-refractivity contribution in [3.05, 3.63) is 35.8 Å². The first-order valence-electron chi connectivity index (χ1n) is 8.21. The van der Waals surface area contributed by atoms with Gasteiger partial charge in [-0.3, -0.25) is 0 Å². The molecule has 7 heteroatoms. The number of nitrogens with zero attached hydrogens (tertiary/aromatic N) is 4. The summed E-state index contributed by atoms with van der Waals surface area (Å²) in [6.45, 7) is 6.43. The third kappa shape index (κ3) is 3.26. The van der Waals surface area contributed by atoms with E-state index in [1.54, 1.807) is 15.8 Å². The highest BCUT2D eigenvalue weighted by Crippen LogP contribution is 2.19. The fourth-order valence-corrected chi connectivity index (χ4v) is 3.05. The van der Waals surface area contributed by atoms with Gasteiger partial charge in [0.15, 0.2) is 5.82 Å². The number of pyridine rings is 1. The maximum atomic E-state index is 12.4. The number of carbonyl (C=O) groups is 1. The molecular formula is C17H23N5O2. The van der Waals surface area contributed by atoms with Crippen LogP contribution in [0.15, 0.2) is 24.4 Å². The SMILES string of the molecule is Cc1cc(C)n(-c2ccc(NC(=O)N3CCCC(O)C3C)cn2)n1. The van der Waals surface area contributed by atoms with Crippen LogP contribution in [-0.4, -0.2) is 49.5 Å². The van der Waals surface area contributed by atoms with Gasteiger partial charge in [-0.2, -0.15) is 5.10 Å². The molecule has 0 aromatic carbocycles. The Balaban J connectivity index is 1.70. The van der Waals surface area contributed by atoms with Crippen molar-refractivity contribution < 1.29 is 9.90 Å². The molecule has 2 aromatic rings. The molecule has 1 aliphatic rings. The summed E-state index contributed by atoms with van der Waals surface area (Å²) in [6.07, 6.45) is 2.71. The second-order valence-electron chi connectivity index (χ2n) is 6.32. The number of aromatic nitrogens is 3. The first-order valence-corrected chi connectivity index (χ1v) is 8.21. The van der Waals surface area contributed by atoms with Crippen molar-refractivity contribution in [1.82, 2.24) is 19.7 Å². The van der Waals surface area contributed by atoms with Gasteiger partial charge < -0.3 is 15.3 Å². The van der Waals surface area contributed by atoms with Gasteiger partial charge in [-0.1, -0.05) is 0 Å². The first kappa shape index (κ1) is 16.4. The molecule has 24 heavy (non-hydrogen) atoms. The van der Waals surface area contributed by atoms with Crippen molar-refractivity contribution in [1.29, 1.82) is 0 Å². The molecule has 0 bridgehead atoms. The maximum absolute atomic E-state index is 12.4. The van der Waals surface area contributed by atoms with Crippen molar-refractivity contribution in [2.75, 3.05) is 11.9 Å². The molecule has 2 aromatic heterocycles. The number of likely N-dealkylation sites (tertiary alicyclic amines) is 1. The fourth-order valence-electron chi connectivity index (χ4n) is 3.05. The number of amides is 2. The van der Waals surface area contributed by atoms with Gasteiger partial charge in [0.25, 0.3) is 0 Å². The number of aryl methyl sites for hydroxylation is 2. The maximum Gasteiger partial charge on any atom is 0.322 e. The van der Waals surface area contributed by atoms with Crippen molar-refractivity contribution in [3.63, 3.8) is 0 Å². The molecular weight excluding hydrogens is 306 g/mol. The number of urea groups is 1. The van der Waals surface area contributed by atoms with E-state index in [4.69, 9.17) is 0 Å². The van der Waals surface area contributed by atoms with E-state index >= 15 is 0 Å². The third-order valence-corrected chi connectivity index (χ3v) is 4.43. The van der Waals surface area contributed by atoms with E-state index in [2.05, 4.69) is 15.4 Å². The summed E-state index contributed by atoms with van der Waals surface area (Å²) in [5.74, 6) is 0.709. The van der Waals surface area contributed by atoms with Crippen molar-refractivity contribution >= 4 is 11.7 Å². The smallest absolute Gasteiger partial charge is 0.322 e. The standard InChI is InChI=1S/C17H23N5O2/c1-11-9-12(2)22(20-11)16-7-6-14(10-18-16)19-17(24)21-8-4-5-15(23)13(21)3/h6-7,9-10,13,15,23H,4-5,8H2,1-3H3,(H,19,24). The summed E-state index contributed by atoms with van der Waals surface area (Å²) in [7, 11) is 0. The molecule has 1 saturated heterocycles. The van der Waals surface area contributed by atoms with Gasteiger partial charge >= 0.3 is 6.03 Å². The molecule has 1 fully saturated rings. The highest BCUT2D eigenvalue weighted by molar-refractivity contribution is 5.89. The Hall–Kier alpha value is -2.41. The van der Waals surface area contributed by atoms with Gasteiger partial charge in [-0.05, 0) is 51.8 Å². The van der Waals surface area contributed by atoms with Crippen molar-refractivity contribution in [3.8, 4) is 5.82 Å². The zero-order valence-electron chi connectivity index (χ0n) is 14.2. The highest BCUT2D eigenvalue weighted by atomic mass is 16.3. The van der Waals surface area contributed by atoms with Gasteiger partial charge in [0, 0.05) is 12.2 Å². The van der Waals surface area contributed by atoms with E-state index in [-0.39, 0.29) is 12.1 Å². The van der Waals surface area contributed by atoms with Gasteiger partial charge in [0.1, 0.15) is 0 Å². The molecule has 1 aliphatic heterocycles. The van der Waals surface area contributed by atoms with Gasteiger partial charge in [-0.15, -0.1) is 0 Å². The Bertz CT molecular complexity index is 725. The van der Waals surface area contributed by atoms with Crippen LogP contribution in [0.25, 0.3) is 5.82 Å². The number of nitrogens with one attached hydrogen (secondary N) is 1. The molecule has 2 N–H and O–H groups in total. The first-order chi connectivity index (χ1) is 11.5. The lowest BCUT2D eigenvalue weighted by atomic mass is 10.0. The normalized spacial score (nSPS) is 20.9. The van der Waals surface area contributed by atoms with E-state index < -0.39 is 6.10 Å². The van der Waals surface area contributed by atoms with Crippen molar-refractivity contribution in [2.24, 2.45) is 0 Å². The summed E-state index contributed by atoms with van der Waals surface area (Å²) >= 11 is 0. The number of hydrogen-bond acceptors (Lipinski definition) is 4. The minimum atomic E-state index is -0.462. The lowest BCUT2D eigenvalue weighted by molar-refractivity contribution is 0.0426. The van der Waals surface area contributed by atoms with E-state index in [0.29, 0.717) is 18.1 Å². The van der Waals surface area contributed by atoms with E-state index in [1.807, 2.05) is 39.0 Å². The summed E-state index contributed by atoms with van der Waals surface area (Å²) in [6, 6.07) is 5.23. The third-order valence-electron chi connectivity index (χ3n) is 4.43. The van der Waals surface area contributed by atoms with Crippen LogP contribution >= 0.6 is 0 Å². The van der Waals surface area contributed by atoms with Gasteiger partial charge in [0.05, 0.1) is 29.7 Å². The second-order valence-corrected chi connectivity index (χ2v) is 6.32. The molecule has 128 valence electrons. The minimum absolute atomic E-state index is 0.180. The number of aliphatic hydroxyl groups is 1. The fraction of sp³-hybridized carbons (Fsp3) is 0.471. The molecule has 3 rings (SSSR count). The van der Waals surface area contributed by atoms with Crippen LogP contribution in [-0.2, 0) is 0 Å². The van der Waals surface area contributed by atoms with E-state index in [1.165, 1.54) is 0 Å². The average molecular weight is 329 g/mol. The number of anilines is 1. The van der Waals surface area contributed by atoms with Crippen LogP contribution in [0.1, 0.15) is 31.2 Å². The molecule has 7 nitrogen and oxygen atoms in total. The number of carbonyl (C=O) groups excluding carboxylic acids is 1. The number of piperidine rings is 1. The Morgan fingerprint density at radius 2 is 2.17 bits per heavy atom. The van der Waals surface area contributed by atoms with Crippen LogP contribution in [0.4, 0.5) is 10.5 Å². The Kier molecular flexibility index (Phi) is 4.53. The zero-order chi connectivity index (χ0) is 17.3. The van der Waals surface area contributed by atoms with Gasteiger partial charge in [0.2, 0.25) is 0 Å². The van der Waals surface area contributed by atoms with Crippen LogP contribution in [0.5, 0.6) is 0 Å². The lowest BCUT2D eigenvalue weighted by Crippen LogP contribution is -2.50. The molecule has 2 amide bonds. The largest absolute Gasteiger partial charge is 0.391 e. The monoisotopic (exact) mass is 329 g/mol. The quantitative estimate of drug-likeness (QED) is 0.885. The molecule has 2 atom stereocenters. The van der Waals surface area contributed by atoms with E-state index in [9.17, 15) is 9.90 Å². The zero-order valence-corrected chi connectivity index (χ0v) is 14.2. The summed E-state index contributed by atoms with van der Waals surface area (Å²) in [5, 5.41) is 17.1. The van der Waals surface area contributed by atoms with Crippen LogP contribution in [0, 0.1) is 13.8 Å². The molecule has 0 spiro atoms. The summed E-state index contributed by atoms with van der Waals surface area (Å²) in [5.41, 5.74) is 2.56. The molecule has 0 radical (unpaired) electrons. The lowest BCUT2D eigenvalue weighted by Gasteiger charge is -2.36. The number of hydrogen-bond donors (Lipinski definition) is 2. The summed E-state index contributed by atoms with van der Waals surface area (Å²) < 4.78 is 1.77. The van der Waals surface area contributed by atoms with E-state index in [0.717, 1.165) is 24.2 Å². The van der Waals surface area contributed by atoms with Crippen LogP contribution < -0.4 is 5.32 Å². The minimum Gasteiger partial charge on any atom is -0.391 e. The van der Waals surface area contributed by atoms with Crippen molar-refractivity contribution in [2.45, 2.75) is 45.8 Å². The molecule has 3 heterocycles. The Morgan fingerprint density at radius 1 is 1.38 bits per heavy atom. The van der Waals surface area contributed by atoms with Gasteiger partial charge in [-0.25, -0.2) is 14.5 Å². The predicted molar refractivity (Wildman–Crippen MR) is 91.3 cm³/mol. The number of aliphatic hydroxyl groups excluding tert-OH is 1. The molecule has 0 saturated carbocycles. The number of rotatable bonds is 2. The van der Waals surface area contributed by atoms with Crippen LogP contribution in [0.3, 0.4) is 0 Å². The predicted octanol–water partition coefficient (Wildman–Crippen LogP) is 2.26. The average Bonchev–Trinajstić information content (AvgIpc) is 2.89. The topological polar surface area (TPSA) is 83.3 Å². The molecule has 0 aliphatic carbocycles. The summed E-state index contributed by atoms with van der Waals surface area (Å²) in [4.78, 5) is 18.4. The Labute approximate surface area is 141 Å². The Morgan fingerprint density at radius 3 is 2.79 bits per heavy atom. The van der Waals surface area contributed by atoms with Crippen LogP contribution in [0.2, 0.25) is 0 Å².